The number of likely N-dealkylation sites (N-methyl/N-ethyl adjacent to an activating group) is 1. The van der Waals surface area contributed by atoms with Crippen molar-refractivity contribution >= 4 is 0 Å². The number of nitrogens with zero attached hydrogens (tertiary/aromatic N) is 1. The van der Waals surface area contributed by atoms with Gasteiger partial charge in [0.1, 0.15) is 0 Å². The first-order valence-electron chi connectivity index (χ1n) is 8.11. The maximum absolute atomic E-state index is 9.88. The number of aliphatic hydroxyl groups excluding tert-OH is 1. The maximum atomic E-state index is 9.88. The van der Waals surface area contributed by atoms with E-state index >= 15 is 0 Å². The van der Waals surface area contributed by atoms with E-state index in [1.807, 2.05) is 0 Å². The SMILES string of the molecule is CCN1CCC[C@@H]1CNC[C@@H](O)COC[C@@H]1CCCO1. The summed E-state index contributed by atoms with van der Waals surface area (Å²) in [6, 6.07) is 0.639. The number of aliphatic hydroxyl groups is 1. The van der Waals surface area contributed by atoms with E-state index < -0.39 is 6.10 Å². The Morgan fingerprint density at radius 3 is 3.05 bits per heavy atom. The molecule has 20 heavy (non-hydrogen) atoms. The zero-order valence-corrected chi connectivity index (χ0v) is 12.7. The van der Waals surface area contributed by atoms with Crippen molar-refractivity contribution in [3.05, 3.63) is 0 Å². The molecule has 0 bridgehead atoms. The van der Waals surface area contributed by atoms with Crippen LogP contribution in [0.5, 0.6) is 0 Å². The summed E-state index contributed by atoms with van der Waals surface area (Å²) < 4.78 is 11.0. The number of rotatable bonds is 9. The summed E-state index contributed by atoms with van der Waals surface area (Å²) in [5.41, 5.74) is 0. The molecule has 5 heteroatoms. The van der Waals surface area contributed by atoms with Crippen molar-refractivity contribution in [1.82, 2.24) is 10.2 Å². The maximum Gasteiger partial charge on any atom is 0.0897 e. The standard InChI is InChI=1S/C15H30N2O3/c1-2-17-7-3-5-13(17)9-16-10-14(18)11-19-12-15-6-4-8-20-15/h13-16,18H,2-12H2,1H3/t13-,14-,15+/m1/s1. The van der Waals surface area contributed by atoms with Crippen LogP contribution in [0.4, 0.5) is 0 Å². The van der Waals surface area contributed by atoms with E-state index in [0.29, 0.717) is 25.8 Å². The van der Waals surface area contributed by atoms with Gasteiger partial charge in [-0.15, -0.1) is 0 Å². The Kier molecular flexibility index (Phi) is 7.24. The van der Waals surface area contributed by atoms with Gasteiger partial charge in [0.25, 0.3) is 0 Å². The number of likely N-dealkylation sites (tertiary alicyclic amines) is 1. The fraction of sp³-hybridized carbons (Fsp3) is 1.00. The first-order chi connectivity index (χ1) is 9.79. The third-order valence-electron chi connectivity index (χ3n) is 4.30. The predicted molar refractivity (Wildman–Crippen MR) is 78.9 cm³/mol. The minimum atomic E-state index is -0.423. The highest BCUT2D eigenvalue weighted by molar-refractivity contribution is 4.80. The molecule has 0 aromatic carbocycles. The molecule has 2 heterocycles. The molecule has 0 spiro atoms. The van der Waals surface area contributed by atoms with Crippen molar-refractivity contribution in [3.8, 4) is 0 Å². The third kappa shape index (κ3) is 5.30. The zero-order valence-electron chi connectivity index (χ0n) is 12.7. The molecule has 0 aromatic rings. The van der Waals surface area contributed by atoms with Crippen molar-refractivity contribution in [2.45, 2.75) is 50.9 Å². The molecule has 0 amide bonds. The summed E-state index contributed by atoms with van der Waals surface area (Å²) >= 11 is 0. The predicted octanol–water partition coefficient (Wildman–Crippen LogP) is 0.617. The van der Waals surface area contributed by atoms with Crippen molar-refractivity contribution in [2.75, 3.05) is 46.0 Å². The summed E-state index contributed by atoms with van der Waals surface area (Å²) in [4.78, 5) is 2.51. The third-order valence-corrected chi connectivity index (χ3v) is 4.30. The largest absolute Gasteiger partial charge is 0.389 e. The fourth-order valence-corrected chi connectivity index (χ4v) is 3.13. The lowest BCUT2D eigenvalue weighted by atomic mass is 10.2. The van der Waals surface area contributed by atoms with Gasteiger partial charge in [0.15, 0.2) is 0 Å². The van der Waals surface area contributed by atoms with Gasteiger partial charge in [-0.05, 0) is 38.8 Å². The molecule has 2 aliphatic rings. The summed E-state index contributed by atoms with van der Waals surface area (Å²) in [7, 11) is 0. The fourth-order valence-electron chi connectivity index (χ4n) is 3.13. The van der Waals surface area contributed by atoms with Crippen molar-refractivity contribution in [2.24, 2.45) is 0 Å². The van der Waals surface area contributed by atoms with Gasteiger partial charge < -0.3 is 19.9 Å². The van der Waals surface area contributed by atoms with Gasteiger partial charge in [0.2, 0.25) is 0 Å². The first kappa shape index (κ1) is 16.2. The van der Waals surface area contributed by atoms with Crippen LogP contribution < -0.4 is 5.32 Å². The monoisotopic (exact) mass is 286 g/mol. The normalized spacial score (nSPS) is 29.1. The van der Waals surface area contributed by atoms with Gasteiger partial charge in [0, 0.05) is 25.7 Å². The number of hydrogen-bond acceptors (Lipinski definition) is 5. The Hall–Kier alpha value is -0.200. The van der Waals surface area contributed by atoms with Crippen molar-refractivity contribution < 1.29 is 14.6 Å². The summed E-state index contributed by atoms with van der Waals surface area (Å²) in [5, 5.41) is 13.2. The lowest BCUT2D eigenvalue weighted by molar-refractivity contribution is -0.0166. The molecule has 118 valence electrons. The minimum Gasteiger partial charge on any atom is -0.389 e. The van der Waals surface area contributed by atoms with Gasteiger partial charge in [0.05, 0.1) is 25.4 Å². The Labute approximate surface area is 122 Å². The second-order valence-corrected chi connectivity index (χ2v) is 5.91. The molecule has 0 saturated carbocycles. The molecule has 0 aromatic heterocycles. The Morgan fingerprint density at radius 2 is 2.30 bits per heavy atom. The second-order valence-electron chi connectivity index (χ2n) is 5.91. The molecule has 3 atom stereocenters. The molecular formula is C15H30N2O3. The van der Waals surface area contributed by atoms with Crippen molar-refractivity contribution in [3.63, 3.8) is 0 Å². The van der Waals surface area contributed by atoms with Crippen LogP contribution in [0.1, 0.15) is 32.6 Å². The van der Waals surface area contributed by atoms with Crippen LogP contribution in [0.2, 0.25) is 0 Å². The highest BCUT2D eigenvalue weighted by Crippen LogP contribution is 2.15. The summed E-state index contributed by atoms with van der Waals surface area (Å²) in [5.74, 6) is 0. The van der Waals surface area contributed by atoms with E-state index in [2.05, 4.69) is 17.1 Å². The van der Waals surface area contributed by atoms with Crippen molar-refractivity contribution in [1.29, 1.82) is 0 Å². The molecule has 0 radical (unpaired) electrons. The summed E-state index contributed by atoms with van der Waals surface area (Å²) in [6.07, 6.45) is 4.61. The first-order valence-corrected chi connectivity index (χ1v) is 8.11. The lowest BCUT2D eigenvalue weighted by Crippen LogP contribution is -2.41. The van der Waals surface area contributed by atoms with E-state index in [1.54, 1.807) is 0 Å². The highest BCUT2D eigenvalue weighted by atomic mass is 16.5. The molecule has 0 aliphatic carbocycles. The minimum absolute atomic E-state index is 0.242. The lowest BCUT2D eigenvalue weighted by Gasteiger charge is -2.23. The van der Waals surface area contributed by atoms with E-state index in [4.69, 9.17) is 9.47 Å². The second kappa shape index (κ2) is 8.95. The van der Waals surface area contributed by atoms with Gasteiger partial charge in [-0.2, -0.15) is 0 Å². The van der Waals surface area contributed by atoms with Gasteiger partial charge in [-0.1, -0.05) is 6.92 Å². The Bertz CT molecular complexity index is 260. The topological polar surface area (TPSA) is 54.0 Å². The van der Waals surface area contributed by atoms with E-state index in [1.165, 1.54) is 19.4 Å². The van der Waals surface area contributed by atoms with Crippen LogP contribution in [0, 0.1) is 0 Å². The van der Waals surface area contributed by atoms with Gasteiger partial charge in [-0.3, -0.25) is 4.90 Å². The molecule has 2 saturated heterocycles. The average Bonchev–Trinajstić information content (AvgIpc) is 3.09. The van der Waals surface area contributed by atoms with E-state index in [9.17, 15) is 5.11 Å². The average molecular weight is 286 g/mol. The Morgan fingerprint density at radius 1 is 1.40 bits per heavy atom. The number of nitrogens with one attached hydrogen (secondary N) is 1. The highest BCUT2D eigenvalue weighted by Gasteiger charge is 2.22. The van der Waals surface area contributed by atoms with E-state index in [-0.39, 0.29) is 6.10 Å². The molecule has 2 aliphatic heterocycles. The van der Waals surface area contributed by atoms with Crippen LogP contribution in [-0.2, 0) is 9.47 Å². The molecule has 5 nitrogen and oxygen atoms in total. The smallest absolute Gasteiger partial charge is 0.0897 e. The molecule has 2 rings (SSSR count). The molecule has 2 N–H and O–H groups in total. The zero-order chi connectivity index (χ0) is 14.2. The van der Waals surface area contributed by atoms with Crippen LogP contribution in [-0.4, -0.2) is 74.3 Å². The molecule has 2 fully saturated rings. The van der Waals surface area contributed by atoms with Crippen LogP contribution >= 0.6 is 0 Å². The van der Waals surface area contributed by atoms with Gasteiger partial charge in [-0.25, -0.2) is 0 Å². The van der Waals surface area contributed by atoms with Crippen LogP contribution in [0.15, 0.2) is 0 Å². The van der Waals surface area contributed by atoms with E-state index in [0.717, 1.165) is 32.5 Å². The van der Waals surface area contributed by atoms with Gasteiger partial charge >= 0.3 is 0 Å². The molecular weight excluding hydrogens is 256 g/mol. The quantitative estimate of drug-likeness (QED) is 0.651. The van der Waals surface area contributed by atoms with Crippen LogP contribution in [0.3, 0.4) is 0 Å². The number of hydrogen-bond donors (Lipinski definition) is 2. The summed E-state index contributed by atoms with van der Waals surface area (Å²) in [6.45, 7) is 8.00. The van der Waals surface area contributed by atoms with Crippen LogP contribution in [0.25, 0.3) is 0 Å². The Balaban J connectivity index is 1.48. The molecule has 0 unspecified atom stereocenters. The number of ether oxygens (including phenoxy) is 2.